The van der Waals surface area contributed by atoms with Crippen LogP contribution in [0.15, 0.2) is 122 Å². The van der Waals surface area contributed by atoms with E-state index >= 15 is 0 Å². The average molecular weight is 761 g/mol. The van der Waals surface area contributed by atoms with Gasteiger partial charge in [0.15, 0.2) is 0 Å². The van der Waals surface area contributed by atoms with E-state index in [-0.39, 0.29) is 20.1 Å². The summed E-state index contributed by atoms with van der Waals surface area (Å²) in [5.41, 5.74) is 14.8. The Hall–Kier alpha value is -4.17. The summed E-state index contributed by atoms with van der Waals surface area (Å²) in [6.45, 7) is 4.30. The SMILES string of the molecule is Cc1cccc(C)c1-c1cc[c-]c(-c2ccccn2)c1.[Ir].[c-]1cc2c(cc1-c1cc(-c3ccccc3)ccn1)C1CCC2CC1. The molecular formula is C42H36IrN2-2. The van der Waals surface area contributed by atoms with Crippen LogP contribution in [0.4, 0.5) is 0 Å². The van der Waals surface area contributed by atoms with Gasteiger partial charge in [0.05, 0.1) is 0 Å². The molecular weight excluding hydrogens is 725 g/mol. The van der Waals surface area contributed by atoms with Gasteiger partial charge in [-0.2, -0.15) is 0 Å². The van der Waals surface area contributed by atoms with Crippen molar-refractivity contribution in [3.8, 4) is 44.8 Å². The van der Waals surface area contributed by atoms with Gasteiger partial charge in [0.2, 0.25) is 0 Å². The van der Waals surface area contributed by atoms with E-state index in [0.29, 0.717) is 0 Å². The van der Waals surface area contributed by atoms with Gasteiger partial charge < -0.3 is 9.97 Å². The molecule has 0 spiro atoms. The predicted octanol–water partition coefficient (Wildman–Crippen LogP) is 10.8. The molecule has 1 radical (unpaired) electrons. The van der Waals surface area contributed by atoms with Crippen molar-refractivity contribution < 1.29 is 20.1 Å². The maximum absolute atomic E-state index is 4.61. The molecule has 2 aromatic heterocycles. The van der Waals surface area contributed by atoms with Crippen LogP contribution >= 0.6 is 0 Å². The molecule has 2 bridgehead atoms. The van der Waals surface area contributed by atoms with Gasteiger partial charge >= 0.3 is 0 Å². The van der Waals surface area contributed by atoms with Crippen LogP contribution in [0, 0.1) is 26.0 Å². The number of hydrogen-bond donors (Lipinski definition) is 0. The molecule has 1 saturated carbocycles. The fourth-order valence-corrected chi connectivity index (χ4v) is 7.04. The summed E-state index contributed by atoms with van der Waals surface area (Å²) in [5.74, 6) is 1.54. The van der Waals surface area contributed by atoms with Crippen LogP contribution in [-0.2, 0) is 20.1 Å². The van der Waals surface area contributed by atoms with E-state index in [1.807, 2.05) is 36.7 Å². The normalized spacial score (nSPS) is 16.1. The number of fused-ring (bicyclic) bond motifs is 2. The van der Waals surface area contributed by atoms with E-state index < -0.39 is 0 Å². The molecule has 2 heterocycles. The fraction of sp³-hybridized carbons (Fsp3) is 0.190. The molecule has 45 heavy (non-hydrogen) atoms. The van der Waals surface area contributed by atoms with Crippen LogP contribution in [0.1, 0.15) is 59.8 Å². The summed E-state index contributed by atoms with van der Waals surface area (Å²) in [6, 6.07) is 44.8. The monoisotopic (exact) mass is 761 g/mol. The Labute approximate surface area is 281 Å². The molecule has 3 heteroatoms. The number of rotatable bonds is 4. The second kappa shape index (κ2) is 13.9. The molecule has 0 N–H and O–H groups in total. The second-order valence-corrected chi connectivity index (χ2v) is 12.1. The Morgan fingerprint density at radius 2 is 1.24 bits per heavy atom. The minimum atomic E-state index is 0. The van der Waals surface area contributed by atoms with Gasteiger partial charge in [-0.15, -0.1) is 70.3 Å². The Kier molecular flexibility index (Phi) is 9.50. The zero-order valence-electron chi connectivity index (χ0n) is 25.8. The van der Waals surface area contributed by atoms with Crippen LogP contribution in [0.2, 0.25) is 0 Å². The summed E-state index contributed by atoms with van der Waals surface area (Å²) in [4.78, 5) is 9.01. The second-order valence-electron chi connectivity index (χ2n) is 12.1. The van der Waals surface area contributed by atoms with Gasteiger partial charge in [-0.25, -0.2) is 0 Å². The Bertz CT molecular complexity index is 1870. The molecule has 0 saturated heterocycles. The molecule has 0 unspecified atom stereocenters. The van der Waals surface area contributed by atoms with Crippen molar-refractivity contribution in [1.82, 2.24) is 9.97 Å². The number of aromatic nitrogens is 2. The molecule has 4 aromatic carbocycles. The quantitative estimate of drug-likeness (QED) is 0.167. The maximum atomic E-state index is 4.61. The number of aryl methyl sites for hydroxylation is 2. The van der Waals surface area contributed by atoms with E-state index in [1.165, 1.54) is 59.1 Å². The van der Waals surface area contributed by atoms with Crippen LogP contribution in [0.5, 0.6) is 0 Å². The third-order valence-electron chi connectivity index (χ3n) is 9.28. The molecule has 3 aliphatic rings. The predicted molar refractivity (Wildman–Crippen MR) is 181 cm³/mol. The third-order valence-corrected chi connectivity index (χ3v) is 9.28. The summed E-state index contributed by atoms with van der Waals surface area (Å²) < 4.78 is 0. The Balaban J connectivity index is 0.000000158. The molecule has 2 nitrogen and oxygen atoms in total. The zero-order chi connectivity index (χ0) is 29.9. The molecule has 0 atom stereocenters. The topological polar surface area (TPSA) is 25.8 Å². The number of hydrogen-bond acceptors (Lipinski definition) is 2. The number of benzene rings is 4. The minimum Gasteiger partial charge on any atom is -0.305 e. The van der Waals surface area contributed by atoms with Crippen molar-refractivity contribution in [2.45, 2.75) is 51.4 Å². The first kappa shape index (κ1) is 30.8. The van der Waals surface area contributed by atoms with E-state index in [2.05, 4.69) is 121 Å². The zero-order valence-corrected chi connectivity index (χ0v) is 28.2. The first-order valence-corrected chi connectivity index (χ1v) is 15.7. The van der Waals surface area contributed by atoms with Crippen LogP contribution in [-0.4, -0.2) is 9.97 Å². The van der Waals surface area contributed by atoms with Gasteiger partial charge in [-0.05, 0) is 83.9 Å². The molecule has 225 valence electrons. The number of pyridine rings is 2. The van der Waals surface area contributed by atoms with E-state index in [1.54, 1.807) is 11.1 Å². The van der Waals surface area contributed by atoms with Crippen molar-refractivity contribution in [3.63, 3.8) is 0 Å². The van der Waals surface area contributed by atoms with Gasteiger partial charge in [0.25, 0.3) is 0 Å². The molecule has 6 aromatic rings. The van der Waals surface area contributed by atoms with Crippen molar-refractivity contribution in [1.29, 1.82) is 0 Å². The average Bonchev–Trinajstić information content (AvgIpc) is 3.10. The summed E-state index contributed by atoms with van der Waals surface area (Å²) in [5, 5.41) is 0. The number of nitrogens with zero attached hydrogens (tertiary/aromatic N) is 2. The fourth-order valence-electron chi connectivity index (χ4n) is 7.04. The van der Waals surface area contributed by atoms with E-state index in [4.69, 9.17) is 0 Å². The molecule has 3 aliphatic carbocycles. The van der Waals surface area contributed by atoms with Gasteiger partial charge in [-0.3, -0.25) is 0 Å². The van der Waals surface area contributed by atoms with E-state index in [9.17, 15) is 0 Å². The Morgan fingerprint density at radius 3 is 1.98 bits per heavy atom. The minimum absolute atomic E-state index is 0. The third kappa shape index (κ3) is 6.61. The molecule has 9 rings (SSSR count). The van der Waals surface area contributed by atoms with Crippen molar-refractivity contribution in [3.05, 3.63) is 156 Å². The van der Waals surface area contributed by atoms with Gasteiger partial charge in [0, 0.05) is 32.5 Å². The standard InChI is InChI=1S/C23H20N.C19H16N.Ir/c1-2-4-16(5-3-1)19-12-13-24-23(15-19)20-10-11-21-17-6-8-18(9-7-17)22(21)14-20;1-14-7-5-8-15(2)19(14)17-10-6-9-16(13-17)18-11-3-4-12-20-18;/h1-5,11-15,17-18H,6-9H2;3-8,10-13H,1-2H3;/q2*-1;. The summed E-state index contributed by atoms with van der Waals surface area (Å²) in [6.07, 6.45) is 9.18. The van der Waals surface area contributed by atoms with Gasteiger partial charge in [-0.1, -0.05) is 85.5 Å². The summed E-state index contributed by atoms with van der Waals surface area (Å²) >= 11 is 0. The van der Waals surface area contributed by atoms with Crippen molar-refractivity contribution in [2.75, 3.05) is 0 Å². The summed E-state index contributed by atoms with van der Waals surface area (Å²) in [7, 11) is 0. The van der Waals surface area contributed by atoms with Crippen LogP contribution in [0.25, 0.3) is 44.8 Å². The molecule has 0 amide bonds. The Morgan fingerprint density at radius 1 is 0.556 bits per heavy atom. The van der Waals surface area contributed by atoms with E-state index in [0.717, 1.165) is 34.4 Å². The maximum Gasteiger partial charge on any atom is 0.0166 e. The smallest absolute Gasteiger partial charge is 0.0166 e. The van der Waals surface area contributed by atoms with Crippen LogP contribution in [0.3, 0.4) is 0 Å². The van der Waals surface area contributed by atoms with Crippen molar-refractivity contribution in [2.24, 2.45) is 0 Å². The molecule has 1 fully saturated rings. The largest absolute Gasteiger partial charge is 0.305 e. The van der Waals surface area contributed by atoms with Crippen molar-refractivity contribution >= 4 is 0 Å². The van der Waals surface area contributed by atoms with Gasteiger partial charge in [0.1, 0.15) is 0 Å². The first-order chi connectivity index (χ1) is 21.6. The molecule has 0 aliphatic heterocycles. The first-order valence-electron chi connectivity index (χ1n) is 15.7. The van der Waals surface area contributed by atoms with Crippen LogP contribution < -0.4 is 0 Å².